The van der Waals surface area contributed by atoms with Gasteiger partial charge in [0.25, 0.3) is 0 Å². The second-order valence-corrected chi connectivity index (χ2v) is 5.17. The minimum absolute atomic E-state index is 0.0179. The Hall–Kier alpha value is -0.690. The molecule has 0 aliphatic rings. The molecule has 0 radical (unpaired) electrons. The molecular formula is C7H7Cl2N3O2S. The van der Waals surface area contributed by atoms with Gasteiger partial charge in [0, 0.05) is 11.6 Å². The molecule has 8 heteroatoms. The lowest BCUT2D eigenvalue weighted by atomic mass is 10.7. The van der Waals surface area contributed by atoms with E-state index in [2.05, 4.69) is 21.3 Å². The second-order valence-electron chi connectivity index (χ2n) is 2.53. The Bertz CT molecular complexity index is 458. The van der Waals surface area contributed by atoms with Gasteiger partial charge < -0.3 is 0 Å². The number of halogens is 2. The Labute approximate surface area is 97.2 Å². The van der Waals surface area contributed by atoms with E-state index in [0.717, 1.165) is 12.4 Å². The van der Waals surface area contributed by atoms with Crippen LogP contribution in [-0.4, -0.2) is 24.9 Å². The van der Waals surface area contributed by atoms with Crippen LogP contribution in [0.5, 0.6) is 0 Å². The molecule has 0 bridgehead atoms. The zero-order valence-electron chi connectivity index (χ0n) is 7.44. The summed E-state index contributed by atoms with van der Waals surface area (Å²) in [7, 11) is -3.65. The predicted molar refractivity (Wildman–Crippen MR) is 57.2 cm³/mol. The van der Waals surface area contributed by atoms with Crippen molar-refractivity contribution in [3.05, 3.63) is 29.3 Å². The number of nitrogens with one attached hydrogen (secondary N) is 1. The maximum atomic E-state index is 11.5. The fourth-order valence-corrected chi connectivity index (χ4v) is 1.85. The van der Waals surface area contributed by atoms with Crippen LogP contribution in [0.15, 0.2) is 28.9 Å². The van der Waals surface area contributed by atoms with Crippen LogP contribution < -0.4 is 4.72 Å². The third-order valence-electron chi connectivity index (χ3n) is 1.36. The average molecular weight is 268 g/mol. The van der Waals surface area contributed by atoms with E-state index in [-0.39, 0.29) is 21.8 Å². The van der Waals surface area contributed by atoms with Gasteiger partial charge in [-0.3, -0.25) is 0 Å². The van der Waals surface area contributed by atoms with Crippen molar-refractivity contribution in [2.75, 3.05) is 6.54 Å². The average Bonchev–Trinajstić information content (AvgIpc) is 2.16. The summed E-state index contributed by atoms with van der Waals surface area (Å²) >= 11 is 10.8. The molecule has 1 heterocycles. The molecule has 1 rings (SSSR count). The largest absolute Gasteiger partial charge is 0.243 e. The summed E-state index contributed by atoms with van der Waals surface area (Å²) in [6, 6.07) is 0. The molecule has 0 unspecified atom stereocenters. The molecule has 82 valence electrons. The molecule has 0 saturated heterocycles. The first kappa shape index (κ1) is 12.4. The van der Waals surface area contributed by atoms with E-state index < -0.39 is 10.0 Å². The highest BCUT2D eigenvalue weighted by Gasteiger charge is 2.14. The molecule has 0 atom stereocenters. The number of nitrogens with zero attached hydrogens (tertiary/aromatic N) is 2. The topological polar surface area (TPSA) is 72.0 Å². The van der Waals surface area contributed by atoms with E-state index in [4.69, 9.17) is 23.2 Å². The lowest BCUT2D eigenvalue weighted by molar-refractivity contribution is 0.584. The molecule has 0 fully saturated rings. The van der Waals surface area contributed by atoms with E-state index in [1.807, 2.05) is 0 Å². The third-order valence-corrected chi connectivity index (χ3v) is 3.05. The van der Waals surface area contributed by atoms with Gasteiger partial charge in [0.05, 0.1) is 12.4 Å². The summed E-state index contributed by atoms with van der Waals surface area (Å²) in [4.78, 5) is 7.03. The number of aromatic nitrogens is 2. The summed E-state index contributed by atoms with van der Waals surface area (Å²) in [6.45, 7) is 3.30. The van der Waals surface area contributed by atoms with E-state index in [9.17, 15) is 8.42 Å². The molecule has 0 aromatic carbocycles. The molecule has 0 aliphatic heterocycles. The molecular weight excluding hydrogens is 261 g/mol. The van der Waals surface area contributed by atoms with Crippen LogP contribution in [0.4, 0.5) is 0 Å². The van der Waals surface area contributed by atoms with Gasteiger partial charge in [-0.15, -0.1) is 0 Å². The van der Waals surface area contributed by atoms with Crippen molar-refractivity contribution in [2.24, 2.45) is 0 Å². The summed E-state index contributed by atoms with van der Waals surface area (Å²) in [5.74, 6) is 0. The van der Waals surface area contributed by atoms with Crippen LogP contribution >= 0.6 is 23.2 Å². The lowest BCUT2D eigenvalue weighted by Crippen LogP contribution is -2.25. The quantitative estimate of drug-likeness (QED) is 0.832. The first-order valence-electron chi connectivity index (χ1n) is 3.72. The predicted octanol–water partition coefficient (Wildman–Crippen LogP) is 1.16. The summed E-state index contributed by atoms with van der Waals surface area (Å²) in [5, 5.41) is 0.171. The monoisotopic (exact) mass is 267 g/mol. The molecule has 0 aliphatic carbocycles. The fourth-order valence-electron chi connectivity index (χ4n) is 0.696. The Morgan fingerprint density at radius 1 is 1.47 bits per heavy atom. The van der Waals surface area contributed by atoms with Gasteiger partial charge in [-0.1, -0.05) is 18.2 Å². The summed E-state index contributed by atoms with van der Waals surface area (Å²) in [5.41, 5.74) is 0. The van der Waals surface area contributed by atoms with Gasteiger partial charge in [0.15, 0.2) is 0 Å². The van der Waals surface area contributed by atoms with Crippen LogP contribution in [-0.2, 0) is 10.0 Å². The molecule has 0 saturated carbocycles. The van der Waals surface area contributed by atoms with Gasteiger partial charge in [-0.2, -0.15) is 0 Å². The van der Waals surface area contributed by atoms with Crippen molar-refractivity contribution in [2.45, 2.75) is 4.90 Å². The van der Waals surface area contributed by atoms with E-state index in [0.29, 0.717) is 0 Å². The van der Waals surface area contributed by atoms with Gasteiger partial charge in [0.1, 0.15) is 4.90 Å². The van der Waals surface area contributed by atoms with Crippen LogP contribution in [0, 0.1) is 0 Å². The molecule has 5 nitrogen and oxygen atoms in total. The van der Waals surface area contributed by atoms with Crippen LogP contribution in [0.25, 0.3) is 0 Å². The Balaban J connectivity index is 2.87. The molecule has 1 aromatic heterocycles. The van der Waals surface area contributed by atoms with Gasteiger partial charge >= 0.3 is 0 Å². The highest BCUT2D eigenvalue weighted by molar-refractivity contribution is 7.89. The number of rotatable bonds is 4. The fraction of sp³-hybridized carbons (Fsp3) is 0.143. The highest BCUT2D eigenvalue weighted by atomic mass is 35.5. The Morgan fingerprint density at radius 3 is 2.47 bits per heavy atom. The SMILES string of the molecule is C=C(Cl)CNS(=O)(=O)c1cnc(Cl)nc1. The number of hydrogen-bond acceptors (Lipinski definition) is 4. The lowest BCUT2D eigenvalue weighted by Gasteiger charge is -2.04. The van der Waals surface area contributed by atoms with Gasteiger partial charge in [0.2, 0.25) is 15.3 Å². The van der Waals surface area contributed by atoms with Crippen LogP contribution in [0.3, 0.4) is 0 Å². The smallest absolute Gasteiger partial charge is 0.225 e. The zero-order chi connectivity index (χ0) is 11.5. The molecule has 0 spiro atoms. The minimum atomic E-state index is -3.65. The van der Waals surface area contributed by atoms with Crippen molar-refractivity contribution in [3.63, 3.8) is 0 Å². The first-order chi connectivity index (χ1) is 6.92. The van der Waals surface area contributed by atoms with Crippen molar-refractivity contribution >= 4 is 33.2 Å². The molecule has 1 N–H and O–H groups in total. The van der Waals surface area contributed by atoms with Crippen LogP contribution in [0.2, 0.25) is 5.28 Å². The van der Waals surface area contributed by atoms with E-state index in [1.165, 1.54) is 0 Å². The highest BCUT2D eigenvalue weighted by Crippen LogP contribution is 2.08. The van der Waals surface area contributed by atoms with Crippen molar-refractivity contribution in [1.82, 2.24) is 14.7 Å². The minimum Gasteiger partial charge on any atom is -0.225 e. The van der Waals surface area contributed by atoms with Crippen molar-refractivity contribution in [3.8, 4) is 0 Å². The maximum absolute atomic E-state index is 11.5. The van der Waals surface area contributed by atoms with Gasteiger partial charge in [-0.05, 0) is 11.6 Å². The number of sulfonamides is 1. The van der Waals surface area contributed by atoms with E-state index >= 15 is 0 Å². The third kappa shape index (κ3) is 3.75. The van der Waals surface area contributed by atoms with Crippen molar-refractivity contribution < 1.29 is 8.42 Å². The number of hydrogen-bond donors (Lipinski definition) is 1. The van der Waals surface area contributed by atoms with Crippen LogP contribution in [0.1, 0.15) is 0 Å². The Morgan fingerprint density at radius 2 is 2.00 bits per heavy atom. The maximum Gasteiger partial charge on any atom is 0.243 e. The summed E-state index contributed by atoms with van der Waals surface area (Å²) in [6.07, 6.45) is 2.21. The first-order valence-corrected chi connectivity index (χ1v) is 5.96. The van der Waals surface area contributed by atoms with E-state index in [1.54, 1.807) is 0 Å². The second kappa shape index (κ2) is 4.89. The van der Waals surface area contributed by atoms with Crippen molar-refractivity contribution in [1.29, 1.82) is 0 Å². The normalized spacial score (nSPS) is 11.3. The Kier molecular flexibility index (Phi) is 4.04. The van der Waals surface area contributed by atoms with Gasteiger partial charge in [-0.25, -0.2) is 23.1 Å². The molecule has 1 aromatic rings. The molecule has 15 heavy (non-hydrogen) atoms. The summed E-state index contributed by atoms with van der Waals surface area (Å²) < 4.78 is 25.2. The molecule has 0 amide bonds. The zero-order valence-corrected chi connectivity index (χ0v) is 9.77. The standard InChI is InChI=1S/C7H7Cl2N3O2S/c1-5(8)2-12-15(13,14)6-3-10-7(9)11-4-6/h3-4,12H,1-2H2.